The second-order valence-corrected chi connectivity index (χ2v) is 2.24. The molecule has 0 saturated carbocycles. The fourth-order valence-corrected chi connectivity index (χ4v) is 0.408. The Hall–Kier alpha value is 0.160. The third kappa shape index (κ3) is 39.9. The number of aliphatic carboxylic acids is 2. The van der Waals surface area contributed by atoms with E-state index in [1.807, 2.05) is 0 Å². The molecular formula is C8H16CaO5. The van der Waals surface area contributed by atoms with Gasteiger partial charge in [-0.2, -0.15) is 0 Å². The molecule has 0 unspecified atom stereocenters. The Morgan fingerprint density at radius 3 is 1.14 bits per heavy atom. The molecule has 0 aliphatic rings. The van der Waals surface area contributed by atoms with Crippen LogP contribution in [0.4, 0.5) is 0 Å². The molecule has 0 amide bonds. The van der Waals surface area contributed by atoms with E-state index >= 15 is 0 Å². The van der Waals surface area contributed by atoms with Crippen LogP contribution in [0.1, 0.15) is 39.5 Å². The summed E-state index contributed by atoms with van der Waals surface area (Å²) in [6.07, 6.45) is 1.70. The van der Waals surface area contributed by atoms with E-state index in [9.17, 15) is 19.8 Å². The summed E-state index contributed by atoms with van der Waals surface area (Å²) < 4.78 is 0. The molecule has 14 heavy (non-hydrogen) atoms. The van der Waals surface area contributed by atoms with Gasteiger partial charge in [0, 0.05) is 11.9 Å². The summed E-state index contributed by atoms with van der Waals surface area (Å²) in [4.78, 5) is 19.0. The molecule has 0 aromatic carbocycles. The van der Waals surface area contributed by atoms with Gasteiger partial charge in [-0.1, -0.05) is 26.7 Å². The molecule has 6 heteroatoms. The van der Waals surface area contributed by atoms with Crippen molar-refractivity contribution in [3.05, 3.63) is 0 Å². The molecule has 80 valence electrons. The fraction of sp³-hybridized carbons (Fsp3) is 0.750. The molecule has 0 aliphatic heterocycles. The maximum absolute atomic E-state index is 9.49. The second-order valence-electron chi connectivity index (χ2n) is 2.24. The Kier molecular flexibility index (Phi) is 32.0. The van der Waals surface area contributed by atoms with E-state index in [4.69, 9.17) is 0 Å². The van der Waals surface area contributed by atoms with Gasteiger partial charge in [-0.25, -0.2) is 0 Å². The number of hydrogen-bond donors (Lipinski definition) is 0. The summed E-state index contributed by atoms with van der Waals surface area (Å²) in [5.41, 5.74) is 0. The van der Waals surface area contributed by atoms with Crippen LogP contribution in [0, 0.1) is 0 Å². The molecule has 0 aliphatic carbocycles. The monoisotopic (exact) mass is 232 g/mol. The molecule has 5 nitrogen and oxygen atoms in total. The van der Waals surface area contributed by atoms with Crippen LogP contribution < -0.4 is 10.2 Å². The van der Waals surface area contributed by atoms with Crippen molar-refractivity contribution in [2.45, 2.75) is 39.5 Å². The van der Waals surface area contributed by atoms with Crippen molar-refractivity contribution in [3.63, 3.8) is 0 Å². The average Bonchev–Trinajstić information content (AvgIpc) is 1.87. The van der Waals surface area contributed by atoms with E-state index in [-0.39, 0.29) is 56.1 Å². The first-order valence-corrected chi connectivity index (χ1v) is 3.94. The number of carbonyl (C=O) groups excluding carboxylic acids is 2. The van der Waals surface area contributed by atoms with Gasteiger partial charge in [0.15, 0.2) is 0 Å². The van der Waals surface area contributed by atoms with Crippen LogP contribution in [-0.2, 0) is 9.59 Å². The van der Waals surface area contributed by atoms with Crippen LogP contribution >= 0.6 is 0 Å². The van der Waals surface area contributed by atoms with Gasteiger partial charge in [-0.3, -0.25) is 0 Å². The van der Waals surface area contributed by atoms with Gasteiger partial charge >= 0.3 is 37.7 Å². The average molecular weight is 232 g/mol. The van der Waals surface area contributed by atoms with Gasteiger partial charge < -0.3 is 25.3 Å². The van der Waals surface area contributed by atoms with Crippen LogP contribution in [0.25, 0.3) is 0 Å². The number of hydrogen-bond acceptors (Lipinski definition) is 4. The van der Waals surface area contributed by atoms with E-state index in [1.54, 1.807) is 13.8 Å². The van der Waals surface area contributed by atoms with Gasteiger partial charge in [0.05, 0.1) is 0 Å². The number of carboxylic acids is 2. The quantitative estimate of drug-likeness (QED) is 0.515. The van der Waals surface area contributed by atoms with E-state index < -0.39 is 11.9 Å². The topological polar surface area (TPSA) is 112 Å². The van der Waals surface area contributed by atoms with Crippen molar-refractivity contribution < 1.29 is 25.3 Å². The standard InChI is InChI=1S/2C4H8O2.Ca.H2O/c2*1-2-3-4(5)6;;/h2*2-3H2,1H3,(H,5,6);;1H2/q;;+2;/p-2. The Balaban J connectivity index is -0.0000000625. The predicted molar refractivity (Wildman–Crippen MR) is 49.2 cm³/mol. The zero-order valence-corrected chi connectivity index (χ0v) is 10.9. The summed E-state index contributed by atoms with van der Waals surface area (Å²) in [5.74, 6) is -1.92. The van der Waals surface area contributed by atoms with Crippen molar-refractivity contribution in [2.75, 3.05) is 0 Å². The summed E-state index contributed by atoms with van der Waals surface area (Å²) >= 11 is 0. The van der Waals surface area contributed by atoms with Gasteiger partial charge in [0.25, 0.3) is 0 Å². The zero-order valence-electron chi connectivity index (χ0n) is 8.67. The Labute approximate surface area is 114 Å². The van der Waals surface area contributed by atoms with Gasteiger partial charge in [0.1, 0.15) is 0 Å². The Morgan fingerprint density at radius 2 is 1.14 bits per heavy atom. The van der Waals surface area contributed by atoms with Crippen LogP contribution in [0.15, 0.2) is 0 Å². The van der Waals surface area contributed by atoms with Gasteiger partial charge in [-0.05, 0) is 12.8 Å². The fourth-order valence-electron chi connectivity index (χ4n) is 0.408. The SMILES string of the molecule is CCCC(=O)[O-].CCCC(=O)[O-].O.[Ca+2]. The predicted octanol–water partition coefficient (Wildman–Crippen LogP) is -2.13. The molecule has 0 rings (SSSR count). The van der Waals surface area contributed by atoms with Gasteiger partial charge in [-0.15, -0.1) is 0 Å². The molecule has 2 N–H and O–H groups in total. The van der Waals surface area contributed by atoms with E-state index in [1.165, 1.54) is 0 Å². The summed E-state index contributed by atoms with van der Waals surface area (Å²) in [7, 11) is 0. The third-order valence-electron chi connectivity index (χ3n) is 0.908. The van der Waals surface area contributed by atoms with Crippen molar-refractivity contribution in [1.29, 1.82) is 0 Å². The van der Waals surface area contributed by atoms with Crippen LogP contribution in [0.5, 0.6) is 0 Å². The minimum atomic E-state index is -0.961. The normalized spacial score (nSPS) is 7.00. The van der Waals surface area contributed by atoms with Crippen molar-refractivity contribution >= 4 is 49.7 Å². The smallest absolute Gasteiger partial charge is 0.550 e. The van der Waals surface area contributed by atoms with E-state index in [0.717, 1.165) is 0 Å². The largest absolute Gasteiger partial charge is 2.00 e. The van der Waals surface area contributed by atoms with Crippen LogP contribution in [0.3, 0.4) is 0 Å². The molecule has 0 fully saturated rings. The summed E-state index contributed by atoms with van der Waals surface area (Å²) in [5, 5.41) is 19.0. The number of carboxylic acid groups (broad SMARTS) is 2. The summed E-state index contributed by atoms with van der Waals surface area (Å²) in [6, 6.07) is 0. The van der Waals surface area contributed by atoms with Crippen molar-refractivity contribution in [2.24, 2.45) is 0 Å². The molecule has 0 heterocycles. The maximum Gasteiger partial charge on any atom is 2.00 e. The summed E-state index contributed by atoms with van der Waals surface area (Å²) in [6.45, 7) is 3.60. The first-order chi connectivity index (χ1) is 5.54. The second kappa shape index (κ2) is 18.9. The molecule has 0 aromatic heterocycles. The molecule has 0 bridgehead atoms. The molecule has 0 spiro atoms. The molecule has 0 saturated heterocycles. The minimum absolute atomic E-state index is 0. The third-order valence-corrected chi connectivity index (χ3v) is 0.908. The molecular weight excluding hydrogens is 216 g/mol. The molecule has 0 radical (unpaired) electrons. The first kappa shape index (κ1) is 23.8. The molecule has 0 aromatic rings. The number of rotatable bonds is 4. The van der Waals surface area contributed by atoms with Gasteiger partial charge in [0.2, 0.25) is 0 Å². The zero-order chi connectivity index (χ0) is 9.98. The van der Waals surface area contributed by atoms with Crippen molar-refractivity contribution in [1.82, 2.24) is 0 Å². The molecule has 0 atom stereocenters. The maximum atomic E-state index is 9.49. The first-order valence-electron chi connectivity index (χ1n) is 3.94. The van der Waals surface area contributed by atoms with E-state index in [2.05, 4.69) is 0 Å². The minimum Gasteiger partial charge on any atom is -0.550 e. The van der Waals surface area contributed by atoms with Crippen molar-refractivity contribution in [3.8, 4) is 0 Å². The Bertz CT molecular complexity index is 122. The van der Waals surface area contributed by atoms with Crippen LogP contribution in [0.2, 0.25) is 0 Å². The Morgan fingerprint density at radius 1 is 0.929 bits per heavy atom. The van der Waals surface area contributed by atoms with Crippen LogP contribution in [-0.4, -0.2) is 55.2 Å². The number of carbonyl (C=O) groups is 2. The van der Waals surface area contributed by atoms with E-state index in [0.29, 0.717) is 12.8 Å².